The molecule has 110 valence electrons. The predicted molar refractivity (Wildman–Crippen MR) is 89.6 cm³/mol. The van der Waals surface area contributed by atoms with Gasteiger partial charge >= 0.3 is 0 Å². The van der Waals surface area contributed by atoms with E-state index in [1.54, 1.807) is 17.0 Å². The van der Waals surface area contributed by atoms with Gasteiger partial charge < -0.3 is 10.0 Å². The first-order valence-corrected chi connectivity index (χ1v) is 8.44. The highest BCUT2D eigenvalue weighted by Gasteiger charge is 2.28. The highest BCUT2D eigenvalue weighted by molar-refractivity contribution is 14.1. The van der Waals surface area contributed by atoms with Crippen molar-refractivity contribution < 1.29 is 9.90 Å². The molecular formula is C14H16Cl2INO2. The molecule has 1 N–H and O–H groups in total. The predicted octanol–water partition coefficient (Wildman–Crippen LogP) is 3.98. The molecule has 1 fully saturated rings. The van der Waals surface area contributed by atoms with E-state index in [1.807, 2.05) is 0 Å². The number of nitrogens with zero attached hydrogens (tertiary/aromatic N) is 1. The van der Waals surface area contributed by atoms with Gasteiger partial charge in [-0.2, -0.15) is 0 Å². The van der Waals surface area contributed by atoms with Crippen molar-refractivity contribution in [3.63, 3.8) is 0 Å². The monoisotopic (exact) mass is 427 g/mol. The topological polar surface area (TPSA) is 40.5 Å². The number of halogens is 3. The number of amides is 1. The molecule has 0 aliphatic heterocycles. The van der Waals surface area contributed by atoms with Crippen molar-refractivity contribution in [2.45, 2.75) is 31.7 Å². The van der Waals surface area contributed by atoms with Crippen LogP contribution in [0.1, 0.15) is 36.0 Å². The van der Waals surface area contributed by atoms with Gasteiger partial charge in [-0.05, 0) is 47.6 Å². The first-order valence-electron chi connectivity index (χ1n) is 6.61. The largest absolute Gasteiger partial charge is 0.395 e. The Kier molecular flexibility index (Phi) is 5.95. The summed E-state index contributed by atoms with van der Waals surface area (Å²) in [7, 11) is 0. The molecule has 0 heterocycles. The Balaban J connectivity index is 2.31. The molecule has 1 aromatic rings. The van der Waals surface area contributed by atoms with Gasteiger partial charge in [-0.15, -0.1) is 0 Å². The van der Waals surface area contributed by atoms with E-state index in [1.165, 1.54) is 0 Å². The molecule has 0 unspecified atom stereocenters. The second-order valence-electron chi connectivity index (χ2n) is 4.91. The molecule has 0 spiro atoms. The third kappa shape index (κ3) is 3.59. The van der Waals surface area contributed by atoms with Crippen molar-refractivity contribution in [3.8, 4) is 0 Å². The molecule has 3 nitrogen and oxygen atoms in total. The number of carbonyl (C=O) groups is 1. The number of benzene rings is 1. The van der Waals surface area contributed by atoms with Crippen LogP contribution in [0.2, 0.25) is 10.0 Å². The zero-order chi connectivity index (χ0) is 14.7. The van der Waals surface area contributed by atoms with E-state index in [-0.39, 0.29) is 18.6 Å². The number of aliphatic hydroxyl groups is 1. The fourth-order valence-corrected chi connectivity index (χ4v) is 3.68. The lowest BCUT2D eigenvalue weighted by Crippen LogP contribution is -2.41. The van der Waals surface area contributed by atoms with Crippen molar-refractivity contribution in [3.05, 3.63) is 31.3 Å². The Labute approximate surface area is 142 Å². The Bertz CT molecular complexity index is 504. The van der Waals surface area contributed by atoms with Crippen LogP contribution in [0.3, 0.4) is 0 Å². The van der Waals surface area contributed by atoms with Crippen molar-refractivity contribution in [2.75, 3.05) is 13.2 Å². The zero-order valence-corrected chi connectivity index (χ0v) is 14.6. The molecule has 1 aliphatic rings. The van der Waals surface area contributed by atoms with Gasteiger partial charge in [0.05, 0.1) is 17.2 Å². The number of aliphatic hydroxyl groups excluding tert-OH is 1. The van der Waals surface area contributed by atoms with Crippen molar-refractivity contribution in [1.29, 1.82) is 0 Å². The SMILES string of the molecule is O=C(c1cc(Cl)cc(Cl)c1I)N(CCO)C1CCCC1. The standard InChI is InChI=1S/C14H16Cl2INO2/c15-9-7-11(13(17)12(16)8-9)14(20)18(5-6-19)10-3-1-2-4-10/h7-8,10,19H,1-6H2. The smallest absolute Gasteiger partial charge is 0.255 e. The first-order chi connectivity index (χ1) is 9.54. The minimum Gasteiger partial charge on any atom is -0.395 e. The third-order valence-electron chi connectivity index (χ3n) is 3.59. The summed E-state index contributed by atoms with van der Waals surface area (Å²) >= 11 is 14.2. The van der Waals surface area contributed by atoms with E-state index in [4.69, 9.17) is 23.2 Å². The third-order valence-corrected chi connectivity index (χ3v) is 5.59. The van der Waals surface area contributed by atoms with Gasteiger partial charge in [0.15, 0.2) is 0 Å². The quantitative estimate of drug-likeness (QED) is 0.583. The van der Waals surface area contributed by atoms with Gasteiger partial charge in [0.25, 0.3) is 5.91 Å². The first kappa shape index (κ1) is 16.3. The van der Waals surface area contributed by atoms with Crippen LogP contribution in [-0.2, 0) is 0 Å². The average molecular weight is 428 g/mol. The van der Waals surface area contributed by atoms with Crippen LogP contribution in [0.5, 0.6) is 0 Å². The maximum absolute atomic E-state index is 12.7. The maximum atomic E-state index is 12.7. The van der Waals surface area contributed by atoms with Crippen LogP contribution in [-0.4, -0.2) is 35.1 Å². The Hall–Kier alpha value is -0.0400. The van der Waals surface area contributed by atoms with Crippen LogP contribution in [0.4, 0.5) is 0 Å². The van der Waals surface area contributed by atoms with Crippen molar-refractivity contribution in [1.82, 2.24) is 4.90 Å². The van der Waals surface area contributed by atoms with Crippen LogP contribution in [0.25, 0.3) is 0 Å². The van der Waals surface area contributed by atoms with Crippen LogP contribution in [0.15, 0.2) is 12.1 Å². The Morgan fingerprint density at radius 2 is 2.00 bits per heavy atom. The van der Waals surface area contributed by atoms with Crippen LogP contribution in [0, 0.1) is 3.57 Å². The second-order valence-corrected chi connectivity index (χ2v) is 6.83. The summed E-state index contributed by atoms with van der Waals surface area (Å²) < 4.78 is 0.708. The van der Waals surface area contributed by atoms with E-state index >= 15 is 0 Å². The molecule has 1 aliphatic carbocycles. The van der Waals surface area contributed by atoms with E-state index in [2.05, 4.69) is 22.6 Å². The molecule has 0 bridgehead atoms. The fraction of sp³-hybridized carbons (Fsp3) is 0.500. The fourth-order valence-electron chi connectivity index (χ4n) is 2.64. The summed E-state index contributed by atoms with van der Waals surface area (Å²) in [4.78, 5) is 14.5. The molecule has 2 rings (SSSR count). The lowest BCUT2D eigenvalue weighted by Gasteiger charge is -2.29. The van der Waals surface area contributed by atoms with Gasteiger partial charge in [-0.3, -0.25) is 4.79 Å². The number of hydrogen-bond acceptors (Lipinski definition) is 2. The van der Waals surface area contributed by atoms with E-state index < -0.39 is 0 Å². The van der Waals surface area contributed by atoms with Gasteiger partial charge in [0.2, 0.25) is 0 Å². The van der Waals surface area contributed by atoms with Gasteiger partial charge in [0, 0.05) is 21.2 Å². The number of rotatable bonds is 4. The molecule has 6 heteroatoms. The van der Waals surface area contributed by atoms with Gasteiger partial charge in [0.1, 0.15) is 0 Å². The summed E-state index contributed by atoms with van der Waals surface area (Å²) in [6.07, 6.45) is 4.26. The van der Waals surface area contributed by atoms with Crippen molar-refractivity contribution >= 4 is 51.7 Å². The lowest BCUT2D eigenvalue weighted by atomic mass is 10.1. The maximum Gasteiger partial charge on any atom is 0.255 e. The van der Waals surface area contributed by atoms with Crippen LogP contribution < -0.4 is 0 Å². The highest BCUT2D eigenvalue weighted by atomic mass is 127. The Morgan fingerprint density at radius 3 is 2.60 bits per heavy atom. The van der Waals surface area contributed by atoms with Gasteiger partial charge in [-0.1, -0.05) is 36.0 Å². The average Bonchev–Trinajstić information content (AvgIpc) is 2.93. The normalized spacial score (nSPS) is 15.6. The summed E-state index contributed by atoms with van der Waals surface area (Å²) in [5, 5.41) is 10.2. The van der Waals surface area contributed by atoms with E-state index in [0.717, 1.165) is 25.7 Å². The summed E-state index contributed by atoms with van der Waals surface area (Å²) in [6, 6.07) is 3.49. The van der Waals surface area contributed by atoms with Crippen molar-refractivity contribution in [2.24, 2.45) is 0 Å². The molecule has 0 aromatic heterocycles. The molecule has 1 saturated carbocycles. The molecule has 1 aromatic carbocycles. The summed E-state index contributed by atoms with van der Waals surface area (Å²) in [5.74, 6) is -0.0975. The Morgan fingerprint density at radius 1 is 1.35 bits per heavy atom. The summed E-state index contributed by atoms with van der Waals surface area (Å²) in [5.41, 5.74) is 0.517. The van der Waals surface area contributed by atoms with Crippen LogP contribution >= 0.6 is 45.8 Å². The minimum absolute atomic E-state index is 0.0346. The molecular weight excluding hydrogens is 412 g/mol. The molecule has 0 saturated heterocycles. The second kappa shape index (κ2) is 7.29. The molecule has 0 radical (unpaired) electrons. The van der Waals surface area contributed by atoms with Gasteiger partial charge in [-0.25, -0.2) is 0 Å². The number of carbonyl (C=O) groups excluding carboxylic acids is 1. The highest BCUT2D eigenvalue weighted by Crippen LogP contribution is 2.30. The molecule has 20 heavy (non-hydrogen) atoms. The minimum atomic E-state index is -0.0975. The lowest BCUT2D eigenvalue weighted by molar-refractivity contribution is 0.0637. The van der Waals surface area contributed by atoms with E-state index in [9.17, 15) is 9.90 Å². The number of hydrogen-bond donors (Lipinski definition) is 1. The zero-order valence-electron chi connectivity index (χ0n) is 10.9. The molecule has 0 atom stereocenters. The molecule has 1 amide bonds. The van der Waals surface area contributed by atoms with E-state index in [0.29, 0.717) is 25.7 Å². The summed E-state index contributed by atoms with van der Waals surface area (Å²) in [6.45, 7) is 0.316.